The zero-order chi connectivity index (χ0) is 12.4. The van der Waals surface area contributed by atoms with Crippen molar-refractivity contribution >= 4 is 0 Å². The fourth-order valence-corrected chi connectivity index (χ4v) is 2.49. The van der Waals surface area contributed by atoms with Gasteiger partial charge in [-0.25, -0.2) is 0 Å². The van der Waals surface area contributed by atoms with E-state index in [2.05, 4.69) is 64.1 Å². The Morgan fingerprint density at radius 2 is 1.35 bits per heavy atom. The largest absolute Gasteiger partial charge is 0.0620 e. The van der Waals surface area contributed by atoms with Crippen LogP contribution in [-0.4, -0.2) is 0 Å². The first kappa shape index (κ1) is 11.9. The van der Waals surface area contributed by atoms with Crippen LogP contribution in [0.3, 0.4) is 0 Å². The highest BCUT2D eigenvalue weighted by Crippen LogP contribution is 2.21. The minimum Gasteiger partial charge on any atom is -0.0620 e. The van der Waals surface area contributed by atoms with Gasteiger partial charge in [0.2, 0.25) is 0 Å². The van der Waals surface area contributed by atoms with Crippen molar-refractivity contribution in [1.29, 1.82) is 0 Å². The minimum absolute atomic E-state index is 1.05. The maximum absolute atomic E-state index is 2.28. The molecule has 0 aromatic heterocycles. The highest BCUT2D eigenvalue weighted by molar-refractivity contribution is 5.42. The maximum atomic E-state index is 2.28. The Morgan fingerprint density at radius 1 is 0.765 bits per heavy atom. The minimum atomic E-state index is 1.05. The molecule has 0 aliphatic rings. The maximum Gasteiger partial charge on any atom is -0.00179 e. The van der Waals surface area contributed by atoms with Crippen molar-refractivity contribution in [3.05, 3.63) is 69.8 Å². The molecule has 0 aliphatic carbocycles. The van der Waals surface area contributed by atoms with Gasteiger partial charge in [0, 0.05) is 0 Å². The van der Waals surface area contributed by atoms with E-state index in [0.717, 1.165) is 6.42 Å². The zero-order valence-corrected chi connectivity index (χ0v) is 11.2. The molecule has 0 nitrogen and oxygen atoms in total. The standard InChI is InChI=1S/C17H20/c1-12-9-14(3)17(15(4)10-12)11-16-8-6-5-7-13(16)2/h5-10H,11H2,1-4H3. The molecule has 2 rings (SSSR count). The SMILES string of the molecule is Cc1cc(C)c(Cc2ccccc2C)c(C)c1. The number of rotatable bonds is 2. The quantitative estimate of drug-likeness (QED) is 0.704. The second kappa shape index (κ2) is 4.75. The summed E-state index contributed by atoms with van der Waals surface area (Å²) in [5.41, 5.74) is 8.46. The van der Waals surface area contributed by atoms with E-state index in [1.165, 1.54) is 33.4 Å². The first-order valence-corrected chi connectivity index (χ1v) is 6.19. The van der Waals surface area contributed by atoms with Crippen LogP contribution in [0.25, 0.3) is 0 Å². The lowest BCUT2D eigenvalue weighted by atomic mass is 9.93. The van der Waals surface area contributed by atoms with E-state index < -0.39 is 0 Å². The smallest absolute Gasteiger partial charge is 0.00179 e. The molecule has 17 heavy (non-hydrogen) atoms. The van der Waals surface area contributed by atoms with E-state index in [1.54, 1.807) is 0 Å². The Balaban J connectivity index is 2.40. The summed E-state index contributed by atoms with van der Waals surface area (Å²) < 4.78 is 0. The summed E-state index contributed by atoms with van der Waals surface area (Å²) >= 11 is 0. The van der Waals surface area contributed by atoms with Crippen molar-refractivity contribution in [1.82, 2.24) is 0 Å². The summed E-state index contributed by atoms with van der Waals surface area (Å²) in [5, 5.41) is 0. The molecule has 2 aromatic rings. The molecule has 0 unspecified atom stereocenters. The molecular weight excluding hydrogens is 204 g/mol. The highest BCUT2D eigenvalue weighted by Gasteiger charge is 2.06. The topological polar surface area (TPSA) is 0 Å². The Morgan fingerprint density at radius 3 is 1.94 bits per heavy atom. The molecular formula is C17H20. The molecule has 0 saturated carbocycles. The van der Waals surface area contributed by atoms with E-state index in [9.17, 15) is 0 Å². The van der Waals surface area contributed by atoms with E-state index in [1.807, 2.05) is 0 Å². The van der Waals surface area contributed by atoms with Crippen molar-refractivity contribution in [3.8, 4) is 0 Å². The average Bonchev–Trinajstić information content (AvgIpc) is 2.25. The molecule has 0 spiro atoms. The van der Waals surface area contributed by atoms with E-state index in [4.69, 9.17) is 0 Å². The van der Waals surface area contributed by atoms with Gasteiger partial charge in [-0.3, -0.25) is 0 Å². The molecule has 0 radical (unpaired) electrons. The van der Waals surface area contributed by atoms with Crippen LogP contribution in [0.15, 0.2) is 36.4 Å². The van der Waals surface area contributed by atoms with Crippen molar-refractivity contribution < 1.29 is 0 Å². The third-order valence-corrected chi connectivity index (χ3v) is 3.47. The van der Waals surface area contributed by atoms with E-state index in [-0.39, 0.29) is 0 Å². The first-order valence-electron chi connectivity index (χ1n) is 6.19. The Labute approximate surface area is 104 Å². The van der Waals surface area contributed by atoms with E-state index >= 15 is 0 Å². The average molecular weight is 224 g/mol. The van der Waals surface area contributed by atoms with Crippen molar-refractivity contribution in [3.63, 3.8) is 0 Å². The third-order valence-electron chi connectivity index (χ3n) is 3.47. The molecule has 0 aliphatic heterocycles. The van der Waals surface area contributed by atoms with Gasteiger partial charge >= 0.3 is 0 Å². The van der Waals surface area contributed by atoms with Gasteiger partial charge < -0.3 is 0 Å². The zero-order valence-electron chi connectivity index (χ0n) is 11.2. The van der Waals surface area contributed by atoms with Crippen LogP contribution in [0.5, 0.6) is 0 Å². The normalized spacial score (nSPS) is 10.6. The van der Waals surface area contributed by atoms with Crippen LogP contribution in [0.1, 0.15) is 33.4 Å². The molecule has 0 amide bonds. The van der Waals surface area contributed by atoms with Gasteiger partial charge in [-0.15, -0.1) is 0 Å². The van der Waals surface area contributed by atoms with Gasteiger partial charge in [-0.1, -0.05) is 42.0 Å². The predicted molar refractivity (Wildman–Crippen MR) is 74.6 cm³/mol. The van der Waals surface area contributed by atoms with Gasteiger partial charge in [-0.2, -0.15) is 0 Å². The van der Waals surface area contributed by atoms with Gasteiger partial charge in [0.05, 0.1) is 0 Å². The molecule has 0 bridgehead atoms. The number of hydrogen-bond donors (Lipinski definition) is 0. The van der Waals surface area contributed by atoms with Gasteiger partial charge in [0.1, 0.15) is 0 Å². The lowest BCUT2D eigenvalue weighted by Gasteiger charge is -2.13. The number of aryl methyl sites for hydroxylation is 4. The fourth-order valence-electron chi connectivity index (χ4n) is 2.49. The Bertz CT molecular complexity index is 512. The van der Waals surface area contributed by atoms with Crippen LogP contribution in [0.4, 0.5) is 0 Å². The molecule has 0 fully saturated rings. The lowest BCUT2D eigenvalue weighted by Crippen LogP contribution is -1.98. The molecule has 2 aromatic carbocycles. The second-order valence-corrected chi connectivity index (χ2v) is 4.98. The molecule has 0 atom stereocenters. The van der Waals surface area contributed by atoms with Gasteiger partial charge in [0.25, 0.3) is 0 Å². The molecule has 0 saturated heterocycles. The molecule has 0 N–H and O–H groups in total. The summed E-state index contributed by atoms with van der Waals surface area (Å²) in [4.78, 5) is 0. The fraction of sp³-hybridized carbons (Fsp3) is 0.294. The lowest BCUT2D eigenvalue weighted by molar-refractivity contribution is 1.09. The Hall–Kier alpha value is -1.56. The third kappa shape index (κ3) is 2.58. The van der Waals surface area contributed by atoms with Gasteiger partial charge in [0.15, 0.2) is 0 Å². The number of benzene rings is 2. The molecule has 0 heteroatoms. The van der Waals surface area contributed by atoms with Crippen LogP contribution < -0.4 is 0 Å². The van der Waals surface area contributed by atoms with Crippen LogP contribution in [-0.2, 0) is 6.42 Å². The summed E-state index contributed by atoms with van der Waals surface area (Å²) in [6, 6.07) is 13.2. The van der Waals surface area contributed by atoms with Crippen LogP contribution in [0, 0.1) is 27.7 Å². The second-order valence-electron chi connectivity index (χ2n) is 4.98. The van der Waals surface area contributed by atoms with Crippen molar-refractivity contribution in [2.45, 2.75) is 34.1 Å². The number of hydrogen-bond acceptors (Lipinski definition) is 0. The van der Waals surface area contributed by atoms with E-state index in [0.29, 0.717) is 0 Å². The predicted octanol–water partition coefficient (Wildman–Crippen LogP) is 4.51. The highest BCUT2D eigenvalue weighted by atomic mass is 14.1. The molecule has 0 heterocycles. The Kier molecular flexibility index (Phi) is 3.33. The monoisotopic (exact) mass is 224 g/mol. The van der Waals surface area contributed by atoms with Gasteiger partial charge in [-0.05, 0) is 61.9 Å². The van der Waals surface area contributed by atoms with Crippen LogP contribution >= 0.6 is 0 Å². The van der Waals surface area contributed by atoms with Crippen LogP contribution in [0.2, 0.25) is 0 Å². The first-order chi connectivity index (χ1) is 8.08. The van der Waals surface area contributed by atoms with Crippen molar-refractivity contribution in [2.75, 3.05) is 0 Å². The summed E-state index contributed by atoms with van der Waals surface area (Å²) in [6.45, 7) is 8.78. The summed E-state index contributed by atoms with van der Waals surface area (Å²) in [7, 11) is 0. The summed E-state index contributed by atoms with van der Waals surface area (Å²) in [6.07, 6.45) is 1.05. The molecule has 88 valence electrons. The van der Waals surface area contributed by atoms with Crippen molar-refractivity contribution in [2.24, 2.45) is 0 Å². The summed E-state index contributed by atoms with van der Waals surface area (Å²) in [5.74, 6) is 0.